The first kappa shape index (κ1) is 51.3. The van der Waals surface area contributed by atoms with Crippen LogP contribution in [-0.2, 0) is 31.1 Å². The van der Waals surface area contributed by atoms with Crippen molar-refractivity contribution in [2.45, 2.75) is 162 Å². The van der Waals surface area contributed by atoms with Crippen LogP contribution in [0.1, 0.15) is 198 Å². The standard InChI is InChI=1S/C21H30N2S.C19H26N2S.C18H24N2S/c1-5-18-20(16-10-12-22-13-11-16)24-19(23-18)14-15-6-8-17(9-7-15)21(2,3)4;1-13(2)16-6-4-15(5-7-16)12-18-21-14(3)19(22-18)17-8-10-20-11-9-17;1-13(2)15-5-3-14(4-6-15)11-18-20-12-17(21-18)16-7-9-19-10-8-16/h6-9,16,22H,5,10-14H2,1-4H3;4-7,13,17,20H,8-12H2,1-3H3;3-6,12-13,16,19H,7-11H2,1-2H3. The normalized spacial score (nSPS) is 16.5. The summed E-state index contributed by atoms with van der Waals surface area (Å²) in [6, 6.07) is 27.1. The zero-order valence-electron chi connectivity index (χ0n) is 42.3. The van der Waals surface area contributed by atoms with Crippen LogP contribution in [0.15, 0.2) is 79.0 Å². The summed E-state index contributed by atoms with van der Waals surface area (Å²) in [5.41, 5.74) is 11.1. The molecular formula is C58H80N6S3. The lowest BCUT2D eigenvalue weighted by Gasteiger charge is -2.22. The fourth-order valence-corrected chi connectivity index (χ4v) is 13.3. The van der Waals surface area contributed by atoms with Crippen molar-refractivity contribution >= 4 is 34.0 Å². The van der Waals surface area contributed by atoms with E-state index >= 15 is 0 Å². The fraction of sp³-hybridized carbons (Fsp3) is 0.534. The predicted molar refractivity (Wildman–Crippen MR) is 290 cm³/mol. The van der Waals surface area contributed by atoms with E-state index in [1.165, 1.54) is 108 Å². The fourth-order valence-electron chi connectivity index (χ4n) is 9.54. The first-order valence-electron chi connectivity index (χ1n) is 25.6. The van der Waals surface area contributed by atoms with Crippen LogP contribution in [0.3, 0.4) is 0 Å². The number of hydrogen-bond acceptors (Lipinski definition) is 9. The van der Waals surface area contributed by atoms with Gasteiger partial charge in [0.1, 0.15) is 0 Å². The molecule has 3 aromatic carbocycles. The Hall–Kier alpha value is -3.57. The van der Waals surface area contributed by atoms with E-state index < -0.39 is 0 Å². The molecule has 9 rings (SSSR count). The zero-order valence-corrected chi connectivity index (χ0v) is 44.7. The van der Waals surface area contributed by atoms with Crippen LogP contribution in [0.5, 0.6) is 0 Å². The van der Waals surface area contributed by atoms with Crippen LogP contribution in [0.4, 0.5) is 0 Å². The van der Waals surface area contributed by atoms with Gasteiger partial charge in [0.25, 0.3) is 0 Å². The summed E-state index contributed by atoms with van der Waals surface area (Å²) < 4.78 is 0. The van der Waals surface area contributed by atoms with E-state index in [1.807, 2.05) is 34.0 Å². The molecule has 3 aliphatic rings. The van der Waals surface area contributed by atoms with Gasteiger partial charge in [0.15, 0.2) is 0 Å². The molecule has 0 atom stereocenters. The molecule has 3 N–H and O–H groups in total. The summed E-state index contributed by atoms with van der Waals surface area (Å²) in [6.45, 7) is 27.1. The van der Waals surface area contributed by atoms with Gasteiger partial charge in [-0.05, 0) is 160 Å². The Morgan fingerprint density at radius 2 is 0.955 bits per heavy atom. The lowest BCUT2D eigenvalue weighted by molar-refractivity contribution is 0.463. The summed E-state index contributed by atoms with van der Waals surface area (Å²) in [7, 11) is 0. The Morgan fingerprint density at radius 3 is 1.42 bits per heavy atom. The number of thiazole rings is 3. The molecule has 0 radical (unpaired) electrons. The highest BCUT2D eigenvalue weighted by molar-refractivity contribution is 7.12. The molecule has 3 fully saturated rings. The lowest BCUT2D eigenvalue weighted by atomic mass is 9.86. The van der Waals surface area contributed by atoms with Crippen molar-refractivity contribution in [3.8, 4) is 0 Å². The molecule has 0 bridgehead atoms. The van der Waals surface area contributed by atoms with Crippen LogP contribution in [0.25, 0.3) is 0 Å². The van der Waals surface area contributed by atoms with Crippen molar-refractivity contribution in [2.75, 3.05) is 39.3 Å². The molecule has 6 nitrogen and oxygen atoms in total. The van der Waals surface area contributed by atoms with E-state index in [0.29, 0.717) is 11.8 Å². The molecule has 6 aromatic rings. The van der Waals surface area contributed by atoms with E-state index in [0.717, 1.165) is 82.7 Å². The molecule has 9 heteroatoms. The minimum Gasteiger partial charge on any atom is -0.317 e. The number of nitrogens with one attached hydrogen (secondary N) is 3. The first-order chi connectivity index (χ1) is 32.3. The number of piperidine rings is 3. The van der Waals surface area contributed by atoms with E-state index in [4.69, 9.17) is 9.97 Å². The number of hydrogen-bond donors (Lipinski definition) is 3. The Bertz CT molecular complexity index is 2360. The highest BCUT2D eigenvalue weighted by atomic mass is 32.1. The smallest absolute Gasteiger partial charge is 0.0975 e. The molecule has 0 amide bonds. The average molecular weight is 958 g/mol. The Balaban J connectivity index is 0.000000149. The van der Waals surface area contributed by atoms with E-state index in [-0.39, 0.29) is 5.41 Å². The summed E-state index contributed by atoms with van der Waals surface area (Å²) in [5.74, 6) is 3.36. The largest absolute Gasteiger partial charge is 0.317 e. The molecular weight excluding hydrogens is 877 g/mol. The predicted octanol–water partition coefficient (Wildman–Crippen LogP) is 14.0. The third-order valence-corrected chi connectivity index (χ3v) is 17.6. The monoisotopic (exact) mass is 957 g/mol. The van der Waals surface area contributed by atoms with Gasteiger partial charge in [0.05, 0.1) is 26.4 Å². The molecule has 6 heterocycles. The maximum Gasteiger partial charge on any atom is 0.0975 e. The van der Waals surface area contributed by atoms with Gasteiger partial charge in [-0.1, -0.05) is 128 Å². The molecule has 360 valence electrons. The minimum atomic E-state index is 0.220. The maximum absolute atomic E-state index is 4.97. The summed E-state index contributed by atoms with van der Waals surface area (Å²) in [6.07, 6.45) is 13.6. The number of rotatable bonds is 12. The van der Waals surface area contributed by atoms with Crippen molar-refractivity contribution in [1.82, 2.24) is 30.9 Å². The molecule has 3 saturated heterocycles. The van der Waals surface area contributed by atoms with Gasteiger partial charge in [-0.25, -0.2) is 15.0 Å². The van der Waals surface area contributed by atoms with Gasteiger partial charge in [-0.2, -0.15) is 0 Å². The third-order valence-electron chi connectivity index (χ3n) is 13.9. The number of benzene rings is 3. The zero-order chi connectivity index (χ0) is 47.3. The van der Waals surface area contributed by atoms with Crippen molar-refractivity contribution in [1.29, 1.82) is 0 Å². The molecule has 0 aliphatic carbocycles. The average Bonchev–Trinajstić information content (AvgIpc) is 4.09. The van der Waals surface area contributed by atoms with Crippen LogP contribution >= 0.6 is 34.0 Å². The minimum absolute atomic E-state index is 0.220. The second-order valence-corrected chi connectivity index (χ2v) is 24.2. The summed E-state index contributed by atoms with van der Waals surface area (Å²) in [4.78, 5) is 19.0. The second-order valence-electron chi connectivity index (χ2n) is 20.8. The quantitative estimate of drug-likeness (QED) is 0.113. The van der Waals surface area contributed by atoms with Gasteiger partial charge in [0, 0.05) is 40.1 Å². The number of nitrogens with zero attached hydrogens (tertiary/aromatic N) is 3. The lowest BCUT2D eigenvalue weighted by Crippen LogP contribution is -2.26. The highest BCUT2D eigenvalue weighted by Crippen LogP contribution is 2.36. The Morgan fingerprint density at radius 1 is 0.537 bits per heavy atom. The van der Waals surface area contributed by atoms with Crippen molar-refractivity contribution in [2.24, 2.45) is 0 Å². The van der Waals surface area contributed by atoms with Crippen LogP contribution < -0.4 is 16.0 Å². The molecule has 0 saturated carbocycles. The van der Waals surface area contributed by atoms with Gasteiger partial charge >= 0.3 is 0 Å². The van der Waals surface area contributed by atoms with Crippen molar-refractivity contribution in [3.63, 3.8) is 0 Å². The number of aromatic nitrogens is 3. The molecule has 67 heavy (non-hydrogen) atoms. The summed E-state index contributed by atoms with van der Waals surface area (Å²) in [5, 5.41) is 14.1. The van der Waals surface area contributed by atoms with Gasteiger partial charge < -0.3 is 16.0 Å². The van der Waals surface area contributed by atoms with Gasteiger partial charge in [-0.15, -0.1) is 34.0 Å². The highest BCUT2D eigenvalue weighted by Gasteiger charge is 2.23. The van der Waals surface area contributed by atoms with E-state index in [1.54, 1.807) is 4.88 Å². The molecule has 0 spiro atoms. The van der Waals surface area contributed by atoms with Gasteiger partial charge in [-0.3, -0.25) is 0 Å². The summed E-state index contributed by atoms with van der Waals surface area (Å²) >= 11 is 5.79. The van der Waals surface area contributed by atoms with E-state index in [2.05, 4.69) is 162 Å². The topological polar surface area (TPSA) is 74.8 Å². The third kappa shape index (κ3) is 15.0. The SMILES string of the molecule is CC(C)c1ccc(Cc2ncc(C3CCNCC3)s2)cc1.CCc1nc(Cc2ccc(C(C)(C)C)cc2)sc1C1CCNCC1.Cc1nc(Cc2ccc(C(C)C)cc2)sc1C1CCNCC1. The number of aryl methyl sites for hydroxylation is 2. The Labute approximate surface area is 416 Å². The van der Waals surface area contributed by atoms with Crippen LogP contribution in [-0.4, -0.2) is 54.2 Å². The molecule has 0 unspecified atom stereocenters. The molecule has 3 aliphatic heterocycles. The first-order valence-corrected chi connectivity index (χ1v) is 28.1. The molecule has 3 aromatic heterocycles. The second kappa shape index (κ2) is 24.8. The van der Waals surface area contributed by atoms with Crippen molar-refractivity contribution in [3.05, 3.63) is 153 Å². The maximum atomic E-state index is 4.97. The van der Waals surface area contributed by atoms with Crippen LogP contribution in [0.2, 0.25) is 0 Å². The van der Waals surface area contributed by atoms with Crippen LogP contribution in [0, 0.1) is 6.92 Å². The van der Waals surface area contributed by atoms with Gasteiger partial charge in [0.2, 0.25) is 0 Å². The Kier molecular flexibility index (Phi) is 19.0. The van der Waals surface area contributed by atoms with E-state index in [9.17, 15) is 0 Å². The van der Waals surface area contributed by atoms with Crippen molar-refractivity contribution < 1.29 is 0 Å².